The minimum atomic E-state index is -0.0144. The molecule has 0 aromatic carbocycles. The summed E-state index contributed by atoms with van der Waals surface area (Å²) in [6, 6.07) is 0.569. The van der Waals surface area contributed by atoms with E-state index in [0.29, 0.717) is 6.04 Å². The van der Waals surface area contributed by atoms with E-state index >= 15 is 0 Å². The Morgan fingerprint density at radius 2 is 2.14 bits per heavy atom. The second kappa shape index (κ2) is 4.09. The van der Waals surface area contributed by atoms with Gasteiger partial charge in [0, 0.05) is 6.04 Å². The SMILES string of the molecule is C[C@H](N)c1nncn1C1CCCCC1. The van der Waals surface area contributed by atoms with Crippen molar-refractivity contribution in [3.05, 3.63) is 12.2 Å². The fourth-order valence-corrected chi connectivity index (χ4v) is 2.22. The number of hydrogen-bond donors (Lipinski definition) is 1. The second-order valence-corrected chi connectivity index (χ2v) is 4.18. The van der Waals surface area contributed by atoms with Gasteiger partial charge in [-0.05, 0) is 19.8 Å². The zero-order valence-electron chi connectivity index (χ0n) is 8.69. The molecule has 0 amide bonds. The molecule has 0 aliphatic heterocycles. The van der Waals surface area contributed by atoms with Crippen molar-refractivity contribution in [3.63, 3.8) is 0 Å². The van der Waals surface area contributed by atoms with Gasteiger partial charge < -0.3 is 10.3 Å². The highest BCUT2D eigenvalue weighted by molar-refractivity contribution is 4.95. The fourth-order valence-electron chi connectivity index (χ4n) is 2.22. The van der Waals surface area contributed by atoms with E-state index in [1.807, 2.05) is 13.3 Å². The van der Waals surface area contributed by atoms with Crippen molar-refractivity contribution >= 4 is 0 Å². The first kappa shape index (κ1) is 9.65. The molecule has 0 radical (unpaired) electrons. The Bertz CT molecular complexity index is 286. The van der Waals surface area contributed by atoms with Crippen LogP contribution in [0.2, 0.25) is 0 Å². The summed E-state index contributed by atoms with van der Waals surface area (Å²) < 4.78 is 2.17. The lowest BCUT2D eigenvalue weighted by Gasteiger charge is -2.24. The van der Waals surface area contributed by atoms with E-state index in [0.717, 1.165) is 5.82 Å². The van der Waals surface area contributed by atoms with Gasteiger partial charge in [-0.1, -0.05) is 19.3 Å². The van der Waals surface area contributed by atoms with Crippen LogP contribution in [0.15, 0.2) is 6.33 Å². The number of nitrogens with zero attached hydrogens (tertiary/aromatic N) is 3. The maximum Gasteiger partial charge on any atom is 0.149 e. The van der Waals surface area contributed by atoms with Gasteiger partial charge in [-0.25, -0.2) is 0 Å². The molecule has 1 heterocycles. The van der Waals surface area contributed by atoms with Gasteiger partial charge in [0.1, 0.15) is 12.2 Å². The van der Waals surface area contributed by atoms with Crippen molar-refractivity contribution in [2.75, 3.05) is 0 Å². The molecule has 1 aromatic rings. The first-order valence-corrected chi connectivity index (χ1v) is 5.44. The van der Waals surface area contributed by atoms with Crippen LogP contribution in [0.5, 0.6) is 0 Å². The molecule has 1 saturated carbocycles. The first-order valence-electron chi connectivity index (χ1n) is 5.44. The van der Waals surface area contributed by atoms with Crippen LogP contribution in [0.3, 0.4) is 0 Å². The van der Waals surface area contributed by atoms with Crippen molar-refractivity contribution in [2.45, 2.75) is 51.1 Å². The molecule has 1 fully saturated rings. The largest absolute Gasteiger partial charge is 0.322 e. The minimum absolute atomic E-state index is 0.0144. The van der Waals surface area contributed by atoms with Gasteiger partial charge in [0.05, 0.1) is 6.04 Å². The Morgan fingerprint density at radius 3 is 2.79 bits per heavy atom. The summed E-state index contributed by atoms with van der Waals surface area (Å²) in [6.45, 7) is 1.96. The summed E-state index contributed by atoms with van der Waals surface area (Å²) in [6.07, 6.45) is 8.33. The first-order chi connectivity index (χ1) is 6.79. The predicted molar refractivity (Wildman–Crippen MR) is 54.7 cm³/mol. The van der Waals surface area contributed by atoms with Crippen molar-refractivity contribution in [1.82, 2.24) is 14.8 Å². The predicted octanol–water partition coefficient (Wildman–Crippen LogP) is 1.80. The van der Waals surface area contributed by atoms with Gasteiger partial charge in [0.25, 0.3) is 0 Å². The molecule has 14 heavy (non-hydrogen) atoms. The van der Waals surface area contributed by atoms with E-state index in [-0.39, 0.29) is 6.04 Å². The topological polar surface area (TPSA) is 56.7 Å². The average Bonchev–Trinajstić information content (AvgIpc) is 2.67. The lowest BCUT2D eigenvalue weighted by Crippen LogP contribution is -2.19. The van der Waals surface area contributed by atoms with Gasteiger partial charge >= 0.3 is 0 Å². The molecule has 78 valence electrons. The average molecular weight is 194 g/mol. The standard InChI is InChI=1S/C10H18N4/c1-8(11)10-13-12-7-14(10)9-5-3-2-4-6-9/h7-9H,2-6,11H2,1H3/t8-/m0/s1. The summed E-state index contributed by atoms with van der Waals surface area (Å²) in [7, 11) is 0. The van der Waals surface area contributed by atoms with Crippen molar-refractivity contribution in [1.29, 1.82) is 0 Å². The highest BCUT2D eigenvalue weighted by Gasteiger charge is 2.19. The monoisotopic (exact) mass is 194 g/mol. The maximum absolute atomic E-state index is 5.84. The molecule has 1 aliphatic carbocycles. The van der Waals surface area contributed by atoms with E-state index in [1.54, 1.807) is 0 Å². The van der Waals surface area contributed by atoms with E-state index in [1.165, 1.54) is 32.1 Å². The number of rotatable bonds is 2. The molecule has 0 saturated heterocycles. The molecule has 0 spiro atoms. The molecule has 0 unspecified atom stereocenters. The normalized spacial score (nSPS) is 21.0. The van der Waals surface area contributed by atoms with Crippen LogP contribution in [0.25, 0.3) is 0 Å². The van der Waals surface area contributed by atoms with E-state index < -0.39 is 0 Å². The molecule has 1 aliphatic rings. The van der Waals surface area contributed by atoms with Crippen molar-refractivity contribution in [2.24, 2.45) is 5.73 Å². The second-order valence-electron chi connectivity index (χ2n) is 4.18. The van der Waals surface area contributed by atoms with E-state index in [4.69, 9.17) is 5.73 Å². The molecule has 2 rings (SSSR count). The molecule has 1 aromatic heterocycles. The number of hydrogen-bond acceptors (Lipinski definition) is 3. The Morgan fingerprint density at radius 1 is 1.43 bits per heavy atom. The molecule has 1 atom stereocenters. The van der Waals surface area contributed by atoms with Crippen LogP contribution in [0, 0.1) is 0 Å². The summed E-state index contributed by atoms with van der Waals surface area (Å²) in [5.41, 5.74) is 5.84. The third kappa shape index (κ3) is 1.80. The Kier molecular flexibility index (Phi) is 2.82. The number of nitrogens with two attached hydrogens (primary N) is 1. The zero-order chi connectivity index (χ0) is 9.97. The molecular formula is C10H18N4. The van der Waals surface area contributed by atoms with Crippen LogP contribution in [0.4, 0.5) is 0 Å². The van der Waals surface area contributed by atoms with Crippen LogP contribution in [-0.4, -0.2) is 14.8 Å². The maximum atomic E-state index is 5.84. The fraction of sp³-hybridized carbons (Fsp3) is 0.800. The number of aromatic nitrogens is 3. The zero-order valence-corrected chi connectivity index (χ0v) is 8.69. The third-order valence-electron chi connectivity index (χ3n) is 2.98. The summed E-state index contributed by atoms with van der Waals surface area (Å²) in [4.78, 5) is 0. The van der Waals surface area contributed by atoms with Gasteiger partial charge in [0.15, 0.2) is 0 Å². The highest BCUT2D eigenvalue weighted by atomic mass is 15.3. The molecule has 2 N–H and O–H groups in total. The quantitative estimate of drug-likeness (QED) is 0.781. The van der Waals surface area contributed by atoms with Gasteiger partial charge in [0.2, 0.25) is 0 Å². The third-order valence-corrected chi connectivity index (χ3v) is 2.98. The molecule has 0 bridgehead atoms. The summed E-state index contributed by atoms with van der Waals surface area (Å²) in [5.74, 6) is 0.928. The van der Waals surface area contributed by atoms with Gasteiger partial charge in [-0.15, -0.1) is 10.2 Å². The van der Waals surface area contributed by atoms with Crippen molar-refractivity contribution < 1.29 is 0 Å². The Balaban J connectivity index is 2.17. The van der Waals surface area contributed by atoms with Crippen LogP contribution in [-0.2, 0) is 0 Å². The smallest absolute Gasteiger partial charge is 0.149 e. The van der Waals surface area contributed by atoms with Crippen LogP contribution >= 0.6 is 0 Å². The lowest BCUT2D eigenvalue weighted by molar-refractivity contribution is 0.341. The summed E-state index contributed by atoms with van der Waals surface area (Å²) in [5, 5.41) is 8.03. The van der Waals surface area contributed by atoms with Crippen LogP contribution < -0.4 is 5.73 Å². The highest BCUT2D eigenvalue weighted by Crippen LogP contribution is 2.29. The Labute approximate surface area is 84.5 Å². The van der Waals surface area contributed by atoms with Gasteiger partial charge in [-0.2, -0.15) is 0 Å². The summed E-state index contributed by atoms with van der Waals surface area (Å²) >= 11 is 0. The Hall–Kier alpha value is -0.900. The van der Waals surface area contributed by atoms with Crippen LogP contribution in [0.1, 0.15) is 56.9 Å². The van der Waals surface area contributed by atoms with E-state index in [2.05, 4.69) is 14.8 Å². The lowest BCUT2D eigenvalue weighted by atomic mass is 9.95. The molecular weight excluding hydrogens is 176 g/mol. The van der Waals surface area contributed by atoms with E-state index in [9.17, 15) is 0 Å². The van der Waals surface area contributed by atoms with Crippen molar-refractivity contribution in [3.8, 4) is 0 Å². The van der Waals surface area contributed by atoms with Gasteiger partial charge in [-0.3, -0.25) is 0 Å². The molecule has 4 nitrogen and oxygen atoms in total. The molecule has 4 heteroatoms. The minimum Gasteiger partial charge on any atom is -0.322 e.